The number of pyridine rings is 1. The Labute approximate surface area is 83.7 Å². The lowest BCUT2D eigenvalue weighted by Crippen LogP contribution is -1.94. The molecule has 72 valence electrons. The molecule has 0 N–H and O–H groups in total. The fourth-order valence-electron chi connectivity index (χ4n) is 0.865. The van der Waals surface area contributed by atoms with E-state index < -0.39 is 0 Å². The summed E-state index contributed by atoms with van der Waals surface area (Å²) in [6, 6.07) is 5.84. The fraction of sp³-hybridized carbons (Fsp3) is 0.500. The molecular formula is C10H15NOS. The quantitative estimate of drug-likeness (QED) is 0.693. The van der Waals surface area contributed by atoms with E-state index in [1.807, 2.05) is 18.2 Å². The summed E-state index contributed by atoms with van der Waals surface area (Å²) in [5.41, 5.74) is 0. The van der Waals surface area contributed by atoms with Crippen LogP contribution in [0.3, 0.4) is 0 Å². The maximum Gasteiger partial charge on any atom is 0.213 e. The van der Waals surface area contributed by atoms with Gasteiger partial charge in [0, 0.05) is 11.3 Å². The Morgan fingerprint density at radius 2 is 2.31 bits per heavy atom. The van der Waals surface area contributed by atoms with Gasteiger partial charge in [0.05, 0.1) is 7.11 Å². The first-order valence-electron chi connectivity index (χ1n) is 4.44. The zero-order valence-corrected chi connectivity index (χ0v) is 9.10. The second kappa shape index (κ2) is 5.12. The van der Waals surface area contributed by atoms with Gasteiger partial charge in [0.1, 0.15) is 5.03 Å². The largest absolute Gasteiger partial charge is 0.481 e. The molecule has 1 atom stereocenters. The molecule has 0 aliphatic heterocycles. The van der Waals surface area contributed by atoms with Crippen LogP contribution in [0, 0.1) is 0 Å². The Balaban J connectivity index is 2.66. The maximum atomic E-state index is 5.05. The van der Waals surface area contributed by atoms with Crippen molar-refractivity contribution in [3.63, 3.8) is 0 Å². The number of hydrogen-bond acceptors (Lipinski definition) is 3. The van der Waals surface area contributed by atoms with E-state index in [9.17, 15) is 0 Å². The van der Waals surface area contributed by atoms with E-state index >= 15 is 0 Å². The summed E-state index contributed by atoms with van der Waals surface area (Å²) in [5, 5.41) is 1.65. The molecule has 0 radical (unpaired) electrons. The summed E-state index contributed by atoms with van der Waals surface area (Å²) in [5.74, 6) is 0.688. The summed E-state index contributed by atoms with van der Waals surface area (Å²) in [6.45, 7) is 4.38. The van der Waals surface area contributed by atoms with Crippen molar-refractivity contribution in [3.05, 3.63) is 18.2 Å². The summed E-state index contributed by atoms with van der Waals surface area (Å²) >= 11 is 1.78. The van der Waals surface area contributed by atoms with E-state index in [1.165, 1.54) is 0 Å². The van der Waals surface area contributed by atoms with E-state index in [0.717, 1.165) is 11.4 Å². The van der Waals surface area contributed by atoms with Crippen molar-refractivity contribution in [1.29, 1.82) is 0 Å². The number of rotatable bonds is 4. The lowest BCUT2D eigenvalue weighted by Gasteiger charge is -2.07. The van der Waals surface area contributed by atoms with Crippen molar-refractivity contribution in [1.82, 2.24) is 4.98 Å². The molecule has 0 saturated carbocycles. The molecule has 1 heterocycles. The highest BCUT2D eigenvalue weighted by molar-refractivity contribution is 7.99. The van der Waals surface area contributed by atoms with Crippen molar-refractivity contribution in [2.24, 2.45) is 0 Å². The molecule has 0 saturated heterocycles. The normalized spacial score (nSPS) is 12.5. The molecule has 1 aromatic heterocycles. The van der Waals surface area contributed by atoms with Crippen molar-refractivity contribution >= 4 is 11.8 Å². The summed E-state index contributed by atoms with van der Waals surface area (Å²) < 4.78 is 5.05. The Morgan fingerprint density at radius 1 is 1.54 bits per heavy atom. The third-order valence-corrected chi connectivity index (χ3v) is 3.01. The minimum atomic E-state index is 0.611. The monoisotopic (exact) mass is 197 g/mol. The molecule has 0 aliphatic rings. The lowest BCUT2D eigenvalue weighted by molar-refractivity contribution is 0.394. The zero-order valence-electron chi connectivity index (χ0n) is 8.28. The number of nitrogens with zero attached hydrogens (tertiary/aromatic N) is 1. The third kappa shape index (κ3) is 3.27. The topological polar surface area (TPSA) is 22.1 Å². The Bertz CT molecular complexity index is 265. The lowest BCUT2D eigenvalue weighted by atomic mass is 10.4. The van der Waals surface area contributed by atoms with Crippen LogP contribution in [0.4, 0.5) is 0 Å². The minimum absolute atomic E-state index is 0.611. The maximum absolute atomic E-state index is 5.05. The molecule has 2 nitrogen and oxygen atoms in total. The van der Waals surface area contributed by atoms with Gasteiger partial charge in [-0.2, -0.15) is 0 Å². The van der Waals surface area contributed by atoms with Gasteiger partial charge in [-0.3, -0.25) is 0 Å². The molecule has 0 spiro atoms. The number of thioether (sulfide) groups is 1. The highest BCUT2D eigenvalue weighted by Crippen LogP contribution is 2.24. The smallest absolute Gasteiger partial charge is 0.213 e. The van der Waals surface area contributed by atoms with Crippen LogP contribution in [0.2, 0.25) is 0 Å². The van der Waals surface area contributed by atoms with Crippen LogP contribution in [0.5, 0.6) is 5.88 Å². The second-order valence-corrected chi connectivity index (χ2v) is 4.31. The predicted molar refractivity (Wildman–Crippen MR) is 56.4 cm³/mol. The molecule has 3 heteroatoms. The first kappa shape index (κ1) is 10.4. The number of ether oxygens (including phenoxy) is 1. The molecule has 1 rings (SSSR count). The van der Waals surface area contributed by atoms with Crippen LogP contribution >= 0.6 is 11.8 Å². The average molecular weight is 197 g/mol. The fourth-order valence-corrected chi connectivity index (χ4v) is 1.74. The van der Waals surface area contributed by atoms with Crippen LogP contribution in [-0.2, 0) is 0 Å². The molecule has 0 aliphatic carbocycles. The van der Waals surface area contributed by atoms with Crippen LogP contribution in [0.25, 0.3) is 0 Å². The van der Waals surface area contributed by atoms with Gasteiger partial charge in [0.2, 0.25) is 5.88 Å². The molecule has 13 heavy (non-hydrogen) atoms. The number of aromatic nitrogens is 1. The first-order chi connectivity index (χ1) is 6.26. The molecular weight excluding hydrogens is 182 g/mol. The van der Waals surface area contributed by atoms with Crippen molar-refractivity contribution in [2.75, 3.05) is 7.11 Å². The number of methoxy groups -OCH3 is 1. The van der Waals surface area contributed by atoms with Crippen LogP contribution < -0.4 is 4.74 Å². The molecule has 0 unspecified atom stereocenters. The standard InChI is InChI=1S/C10H15NOS/c1-4-8(2)13-10-7-5-6-9(11-10)12-3/h5-8H,4H2,1-3H3/t8-/m0/s1. The summed E-state index contributed by atoms with van der Waals surface area (Å²) in [6.07, 6.45) is 1.16. The SMILES string of the molecule is CC[C@H](C)Sc1cccc(OC)n1. The van der Waals surface area contributed by atoms with E-state index in [0.29, 0.717) is 11.1 Å². The van der Waals surface area contributed by atoms with Gasteiger partial charge < -0.3 is 4.74 Å². The van der Waals surface area contributed by atoms with E-state index in [1.54, 1.807) is 18.9 Å². The van der Waals surface area contributed by atoms with Crippen LogP contribution in [0.15, 0.2) is 23.2 Å². The Hall–Kier alpha value is -0.700. The molecule has 1 aromatic rings. The summed E-state index contributed by atoms with van der Waals surface area (Å²) in [4.78, 5) is 4.32. The van der Waals surface area contributed by atoms with E-state index in [-0.39, 0.29) is 0 Å². The van der Waals surface area contributed by atoms with Gasteiger partial charge in [-0.25, -0.2) is 4.98 Å². The molecule has 0 amide bonds. The van der Waals surface area contributed by atoms with Crippen LogP contribution in [0.1, 0.15) is 20.3 Å². The third-order valence-electron chi connectivity index (χ3n) is 1.80. The van der Waals surface area contributed by atoms with Gasteiger partial charge in [-0.1, -0.05) is 19.9 Å². The first-order valence-corrected chi connectivity index (χ1v) is 5.32. The van der Waals surface area contributed by atoms with Gasteiger partial charge in [0.25, 0.3) is 0 Å². The molecule has 0 aromatic carbocycles. The highest BCUT2D eigenvalue weighted by atomic mass is 32.2. The minimum Gasteiger partial charge on any atom is -0.481 e. The Kier molecular flexibility index (Phi) is 4.09. The zero-order chi connectivity index (χ0) is 9.68. The van der Waals surface area contributed by atoms with Crippen LogP contribution in [-0.4, -0.2) is 17.3 Å². The van der Waals surface area contributed by atoms with E-state index in [2.05, 4.69) is 18.8 Å². The second-order valence-electron chi connectivity index (χ2n) is 2.85. The van der Waals surface area contributed by atoms with Gasteiger partial charge in [-0.15, -0.1) is 11.8 Å². The highest BCUT2D eigenvalue weighted by Gasteiger charge is 2.03. The molecule has 0 bridgehead atoms. The predicted octanol–water partition coefficient (Wildman–Crippen LogP) is 2.98. The summed E-state index contributed by atoms with van der Waals surface area (Å²) in [7, 11) is 1.64. The van der Waals surface area contributed by atoms with Crippen molar-refractivity contribution < 1.29 is 4.74 Å². The van der Waals surface area contributed by atoms with E-state index in [4.69, 9.17) is 4.74 Å². The van der Waals surface area contributed by atoms with Crippen molar-refractivity contribution in [3.8, 4) is 5.88 Å². The number of hydrogen-bond donors (Lipinski definition) is 0. The average Bonchev–Trinajstić information content (AvgIpc) is 2.18. The van der Waals surface area contributed by atoms with Crippen molar-refractivity contribution in [2.45, 2.75) is 30.5 Å². The molecule has 0 fully saturated rings. The van der Waals surface area contributed by atoms with Gasteiger partial charge in [-0.05, 0) is 12.5 Å². The van der Waals surface area contributed by atoms with Gasteiger partial charge >= 0.3 is 0 Å². The van der Waals surface area contributed by atoms with Gasteiger partial charge in [0.15, 0.2) is 0 Å². The Morgan fingerprint density at radius 3 is 2.92 bits per heavy atom.